The van der Waals surface area contributed by atoms with Gasteiger partial charge in [0.1, 0.15) is 6.04 Å². The Hall–Kier alpha value is -2.37. The summed E-state index contributed by atoms with van der Waals surface area (Å²) in [6.07, 6.45) is 2.52. The molecule has 0 fully saturated rings. The molecule has 6 nitrogen and oxygen atoms in total. The zero-order valence-corrected chi connectivity index (χ0v) is 13.8. The number of rotatable bonds is 8. The van der Waals surface area contributed by atoms with Crippen molar-refractivity contribution < 1.29 is 19.5 Å². The van der Waals surface area contributed by atoms with Crippen LogP contribution in [0.5, 0.6) is 0 Å². The van der Waals surface area contributed by atoms with Gasteiger partial charge in [-0.05, 0) is 37.1 Å². The number of aliphatic carboxylic acids is 1. The van der Waals surface area contributed by atoms with E-state index < -0.39 is 17.9 Å². The molecule has 0 saturated heterocycles. The summed E-state index contributed by atoms with van der Waals surface area (Å²) in [5.74, 6) is -1.28. The normalized spacial score (nSPS) is 13.0. The Kier molecular flexibility index (Phi) is 7.25. The molecule has 0 aliphatic heterocycles. The number of benzene rings is 1. The Balaban J connectivity index is 2.57. The SMILES string of the molecule is CCCC(C)CC(=O)Nc1ccc(C(=O)NC(C)C(=O)O)cc1. The average molecular weight is 320 g/mol. The highest BCUT2D eigenvalue weighted by Crippen LogP contribution is 2.14. The van der Waals surface area contributed by atoms with Crippen LogP contribution in [-0.2, 0) is 9.59 Å². The number of amides is 2. The van der Waals surface area contributed by atoms with Crippen LogP contribution in [-0.4, -0.2) is 28.9 Å². The standard InChI is InChI=1S/C17H24N2O4/c1-4-5-11(2)10-15(20)19-14-8-6-13(7-9-14)16(21)18-12(3)17(22)23/h6-9,11-12H,4-5,10H2,1-3H3,(H,18,21)(H,19,20)(H,22,23). The first-order valence-corrected chi connectivity index (χ1v) is 7.77. The van der Waals surface area contributed by atoms with Gasteiger partial charge < -0.3 is 15.7 Å². The largest absolute Gasteiger partial charge is 0.480 e. The van der Waals surface area contributed by atoms with Crippen molar-refractivity contribution in [1.82, 2.24) is 5.32 Å². The van der Waals surface area contributed by atoms with Crippen LogP contribution in [0.25, 0.3) is 0 Å². The maximum Gasteiger partial charge on any atom is 0.325 e. The Morgan fingerprint density at radius 3 is 2.26 bits per heavy atom. The molecular weight excluding hydrogens is 296 g/mol. The zero-order chi connectivity index (χ0) is 17.4. The molecule has 0 radical (unpaired) electrons. The fourth-order valence-electron chi connectivity index (χ4n) is 2.17. The first-order valence-electron chi connectivity index (χ1n) is 7.77. The topological polar surface area (TPSA) is 95.5 Å². The van der Waals surface area contributed by atoms with Crippen LogP contribution in [0.1, 0.15) is 50.4 Å². The third kappa shape index (κ3) is 6.50. The lowest BCUT2D eigenvalue weighted by atomic mass is 10.0. The molecule has 6 heteroatoms. The van der Waals surface area contributed by atoms with E-state index in [4.69, 9.17) is 5.11 Å². The van der Waals surface area contributed by atoms with Crippen LogP contribution in [0.4, 0.5) is 5.69 Å². The molecule has 0 heterocycles. The van der Waals surface area contributed by atoms with E-state index in [1.165, 1.54) is 6.92 Å². The van der Waals surface area contributed by atoms with Gasteiger partial charge in [0.05, 0.1) is 0 Å². The minimum atomic E-state index is -1.09. The highest BCUT2D eigenvalue weighted by molar-refractivity contribution is 5.97. The summed E-state index contributed by atoms with van der Waals surface area (Å²) in [5, 5.41) is 13.9. The summed E-state index contributed by atoms with van der Waals surface area (Å²) in [4.78, 5) is 34.4. The number of carboxylic acid groups (broad SMARTS) is 1. The van der Waals surface area contributed by atoms with E-state index in [0.717, 1.165) is 12.8 Å². The summed E-state index contributed by atoms with van der Waals surface area (Å²) in [6.45, 7) is 5.52. The molecule has 0 aromatic heterocycles. The van der Waals surface area contributed by atoms with Crippen LogP contribution in [0.2, 0.25) is 0 Å². The Morgan fingerprint density at radius 1 is 1.13 bits per heavy atom. The quantitative estimate of drug-likeness (QED) is 0.686. The number of hydrogen-bond donors (Lipinski definition) is 3. The summed E-state index contributed by atoms with van der Waals surface area (Å²) in [5.41, 5.74) is 0.956. The molecule has 1 rings (SSSR count). The number of carbonyl (C=O) groups excluding carboxylic acids is 2. The maximum atomic E-state index is 11.9. The third-order valence-electron chi connectivity index (χ3n) is 3.46. The molecule has 0 aliphatic rings. The average Bonchev–Trinajstić information content (AvgIpc) is 2.47. The smallest absolute Gasteiger partial charge is 0.325 e. The second-order valence-corrected chi connectivity index (χ2v) is 5.76. The van der Waals surface area contributed by atoms with Gasteiger partial charge in [-0.3, -0.25) is 14.4 Å². The lowest BCUT2D eigenvalue weighted by Crippen LogP contribution is -2.38. The zero-order valence-electron chi connectivity index (χ0n) is 13.8. The molecule has 0 saturated carbocycles. The van der Waals surface area contributed by atoms with Gasteiger partial charge in [0, 0.05) is 17.7 Å². The fourth-order valence-corrected chi connectivity index (χ4v) is 2.17. The number of anilines is 1. The van der Waals surface area contributed by atoms with E-state index in [1.54, 1.807) is 24.3 Å². The van der Waals surface area contributed by atoms with Gasteiger partial charge in [0.25, 0.3) is 5.91 Å². The van der Waals surface area contributed by atoms with E-state index in [9.17, 15) is 14.4 Å². The van der Waals surface area contributed by atoms with Crippen molar-refractivity contribution in [1.29, 1.82) is 0 Å². The van der Waals surface area contributed by atoms with E-state index in [1.807, 2.05) is 6.92 Å². The molecule has 2 atom stereocenters. The lowest BCUT2D eigenvalue weighted by Gasteiger charge is -2.11. The Labute approximate surface area is 136 Å². The summed E-state index contributed by atoms with van der Waals surface area (Å²) in [6, 6.07) is 5.40. The predicted molar refractivity (Wildman–Crippen MR) is 88.3 cm³/mol. The van der Waals surface area contributed by atoms with Gasteiger partial charge in [0.15, 0.2) is 0 Å². The van der Waals surface area contributed by atoms with Crippen molar-refractivity contribution in [2.24, 2.45) is 5.92 Å². The van der Waals surface area contributed by atoms with Crippen LogP contribution >= 0.6 is 0 Å². The minimum Gasteiger partial charge on any atom is -0.480 e. The van der Waals surface area contributed by atoms with Crippen molar-refractivity contribution in [2.45, 2.75) is 46.1 Å². The lowest BCUT2D eigenvalue weighted by molar-refractivity contribution is -0.138. The van der Waals surface area contributed by atoms with Crippen molar-refractivity contribution in [3.63, 3.8) is 0 Å². The van der Waals surface area contributed by atoms with Crippen molar-refractivity contribution in [3.8, 4) is 0 Å². The van der Waals surface area contributed by atoms with Crippen LogP contribution in [0, 0.1) is 5.92 Å². The van der Waals surface area contributed by atoms with Crippen molar-refractivity contribution in [3.05, 3.63) is 29.8 Å². The third-order valence-corrected chi connectivity index (χ3v) is 3.46. The number of carboxylic acids is 1. The highest BCUT2D eigenvalue weighted by atomic mass is 16.4. The molecule has 1 aromatic rings. The molecular formula is C17H24N2O4. The number of nitrogens with one attached hydrogen (secondary N) is 2. The minimum absolute atomic E-state index is 0.0531. The van der Waals surface area contributed by atoms with Gasteiger partial charge in [-0.25, -0.2) is 0 Å². The number of hydrogen-bond acceptors (Lipinski definition) is 3. The number of carbonyl (C=O) groups is 3. The monoisotopic (exact) mass is 320 g/mol. The van der Waals surface area contributed by atoms with Gasteiger partial charge in [-0.2, -0.15) is 0 Å². The summed E-state index contributed by atoms with van der Waals surface area (Å²) in [7, 11) is 0. The molecule has 0 bridgehead atoms. The van der Waals surface area contributed by atoms with Gasteiger partial charge in [0.2, 0.25) is 5.91 Å². The summed E-state index contributed by atoms with van der Waals surface area (Å²) >= 11 is 0. The molecule has 2 unspecified atom stereocenters. The van der Waals surface area contributed by atoms with E-state index in [-0.39, 0.29) is 5.91 Å². The highest BCUT2D eigenvalue weighted by Gasteiger charge is 2.15. The van der Waals surface area contributed by atoms with Gasteiger partial charge in [-0.15, -0.1) is 0 Å². The molecule has 1 aromatic carbocycles. The van der Waals surface area contributed by atoms with Gasteiger partial charge in [-0.1, -0.05) is 26.7 Å². The molecule has 2 amide bonds. The van der Waals surface area contributed by atoms with E-state index in [0.29, 0.717) is 23.6 Å². The Morgan fingerprint density at radius 2 is 1.74 bits per heavy atom. The van der Waals surface area contributed by atoms with Crippen LogP contribution in [0.3, 0.4) is 0 Å². The molecule has 3 N–H and O–H groups in total. The molecule has 126 valence electrons. The Bertz CT molecular complexity index is 554. The fraction of sp³-hybridized carbons (Fsp3) is 0.471. The molecule has 0 spiro atoms. The van der Waals surface area contributed by atoms with Crippen LogP contribution < -0.4 is 10.6 Å². The van der Waals surface area contributed by atoms with Crippen molar-refractivity contribution in [2.75, 3.05) is 5.32 Å². The molecule has 23 heavy (non-hydrogen) atoms. The second-order valence-electron chi connectivity index (χ2n) is 5.76. The summed E-state index contributed by atoms with van der Waals surface area (Å²) < 4.78 is 0. The van der Waals surface area contributed by atoms with Crippen molar-refractivity contribution >= 4 is 23.5 Å². The van der Waals surface area contributed by atoms with Gasteiger partial charge >= 0.3 is 5.97 Å². The van der Waals surface area contributed by atoms with E-state index >= 15 is 0 Å². The second kappa shape index (κ2) is 8.92. The van der Waals surface area contributed by atoms with E-state index in [2.05, 4.69) is 17.6 Å². The first kappa shape index (κ1) is 18.7. The first-order chi connectivity index (χ1) is 10.8. The van der Waals surface area contributed by atoms with Crippen LogP contribution in [0.15, 0.2) is 24.3 Å². The maximum absolute atomic E-state index is 11.9. The predicted octanol–water partition coefficient (Wildman–Crippen LogP) is 2.65. The molecule has 0 aliphatic carbocycles.